The minimum atomic E-state index is 0.0235. The number of hydrogen-bond acceptors (Lipinski definition) is 5. The fourth-order valence-electron chi connectivity index (χ4n) is 1.13. The number of nitrogens with two attached hydrogens (primary N) is 1. The molecule has 0 saturated heterocycles. The van der Waals surface area contributed by atoms with Crippen LogP contribution in [0.3, 0.4) is 0 Å². The van der Waals surface area contributed by atoms with Crippen LogP contribution in [0.4, 0.5) is 0 Å². The highest BCUT2D eigenvalue weighted by Crippen LogP contribution is 2.07. The fraction of sp³-hybridized carbons (Fsp3) is 0.455. The molecule has 17 heavy (non-hydrogen) atoms. The number of amidine groups is 1. The summed E-state index contributed by atoms with van der Waals surface area (Å²) >= 11 is 0. The van der Waals surface area contributed by atoms with Gasteiger partial charge in [0.25, 0.3) is 0 Å². The molecule has 0 saturated carbocycles. The van der Waals surface area contributed by atoms with E-state index in [1.807, 2.05) is 6.92 Å². The zero-order valence-corrected chi connectivity index (χ0v) is 9.80. The van der Waals surface area contributed by atoms with Crippen LogP contribution in [0.2, 0.25) is 0 Å². The Morgan fingerprint density at radius 2 is 2.24 bits per heavy atom. The molecule has 1 aromatic heterocycles. The minimum Gasteiger partial charge on any atom is -0.475 e. The van der Waals surface area contributed by atoms with Crippen LogP contribution in [-0.4, -0.2) is 35.8 Å². The number of ether oxygens (including phenoxy) is 2. The molecule has 0 unspecified atom stereocenters. The molecule has 94 valence electrons. The van der Waals surface area contributed by atoms with Crippen molar-refractivity contribution in [3.8, 4) is 5.88 Å². The van der Waals surface area contributed by atoms with E-state index in [2.05, 4.69) is 10.1 Å². The molecule has 1 heterocycles. The van der Waals surface area contributed by atoms with E-state index in [9.17, 15) is 0 Å². The van der Waals surface area contributed by atoms with Gasteiger partial charge in [0.15, 0.2) is 5.84 Å². The topological polar surface area (TPSA) is 90.0 Å². The number of oxime groups is 1. The first kappa shape index (κ1) is 13.2. The van der Waals surface area contributed by atoms with Gasteiger partial charge < -0.3 is 20.4 Å². The van der Waals surface area contributed by atoms with Gasteiger partial charge in [-0.05, 0) is 12.5 Å². The minimum absolute atomic E-state index is 0.0235. The molecule has 6 nitrogen and oxygen atoms in total. The van der Waals surface area contributed by atoms with Gasteiger partial charge in [-0.2, -0.15) is 0 Å². The Bertz CT molecular complexity index is 351. The average molecular weight is 239 g/mol. The molecule has 0 aromatic carbocycles. The van der Waals surface area contributed by atoms with Gasteiger partial charge in [0.2, 0.25) is 5.88 Å². The lowest BCUT2D eigenvalue weighted by molar-refractivity contribution is 0.0990. The standard InChI is InChI=1S/C11H17N3O3/c1-2-5-16-6-7-17-10-4-3-9(8-13-10)11(12)14-15/h3-4,8,15H,2,5-7H2,1H3,(H2,12,14). The van der Waals surface area contributed by atoms with E-state index in [1.54, 1.807) is 12.1 Å². The first-order valence-electron chi connectivity index (χ1n) is 5.42. The van der Waals surface area contributed by atoms with E-state index in [0.29, 0.717) is 24.7 Å². The molecule has 0 bridgehead atoms. The fourth-order valence-corrected chi connectivity index (χ4v) is 1.13. The molecular formula is C11H17N3O3. The molecule has 0 spiro atoms. The second-order valence-electron chi connectivity index (χ2n) is 3.33. The van der Waals surface area contributed by atoms with Crippen molar-refractivity contribution in [3.63, 3.8) is 0 Å². The van der Waals surface area contributed by atoms with E-state index in [0.717, 1.165) is 13.0 Å². The molecule has 0 atom stereocenters. The van der Waals surface area contributed by atoms with E-state index >= 15 is 0 Å². The summed E-state index contributed by atoms with van der Waals surface area (Å²) < 4.78 is 10.6. The summed E-state index contributed by atoms with van der Waals surface area (Å²) in [5.41, 5.74) is 5.94. The van der Waals surface area contributed by atoms with Gasteiger partial charge >= 0.3 is 0 Å². The van der Waals surface area contributed by atoms with Crippen LogP contribution >= 0.6 is 0 Å². The monoisotopic (exact) mass is 239 g/mol. The molecule has 0 radical (unpaired) electrons. The zero-order valence-electron chi connectivity index (χ0n) is 9.80. The first-order chi connectivity index (χ1) is 8.27. The Labute approximate surface area is 100 Å². The highest BCUT2D eigenvalue weighted by Gasteiger charge is 2.00. The molecule has 0 aliphatic rings. The second-order valence-corrected chi connectivity index (χ2v) is 3.33. The Morgan fingerprint density at radius 1 is 1.41 bits per heavy atom. The quantitative estimate of drug-likeness (QED) is 0.243. The van der Waals surface area contributed by atoms with E-state index in [4.69, 9.17) is 20.4 Å². The van der Waals surface area contributed by atoms with Gasteiger partial charge in [0, 0.05) is 24.4 Å². The number of aromatic nitrogens is 1. The van der Waals surface area contributed by atoms with Crippen LogP contribution in [0.1, 0.15) is 18.9 Å². The van der Waals surface area contributed by atoms with Crippen molar-refractivity contribution in [1.82, 2.24) is 4.98 Å². The maximum atomic E-state index is 8.47. The molecule has 0 fully saturated rings. The summed E-state index contributed by atoms with van der Waals surface area (Å²) in [4.78, 5) is 4.02. The van der Waals surface area contributed by atoms with Crippen LogP contribution < -0.4 is 10.5 Å². The van der Waals surface area contributed by atoms with E-state index < -0.39 is 0 Å². The number of rotatable bonds is 7. The van der Waals surface area contributed by atoms with Gasteiger partial charge in [0.05, 0.1) is 6.61 Å². The van der Waals surface area contributed by atoms with Crippen molar-refractivity contribution >= 4 is 5.84 Å². The first-order valence-corrected chi connectivity index (χ1v) is 5.42. The Morgan fingerprint density at radius 3 is 2.82 bits per heavy atom. The normalized spacial score (nSPS) is 11.5. The van der Waals surface area contributed by atoms with Crippen LogP contribution in [0.15, 0.2) is 23.5 Å². The summed E-state index contributed by atoms with van der Waals surface area (Å²) in [6.07, 6.45) is 2.48. The average Bonchev–Trinajstić information content (AvgIpc) is 2.38. The predicted octanol–water partition coefficient (Wildman–Crippen LogP) is 0.982. The molecule has 3 N–H and O–H groups in total. The predicted molar refractivity (Wildman–Crippen MR) is 63.4 cm³/mol. The lowest BCUT2D eigenvalue weighted by Crippen LogP contribution is -2.13. The molecule has 0 aliphatic carbocycles. The summed E-state index contributed by atoms with van der Waals surface area (Å²) in [7, 11) is 0. The largest absolute Gasteiger partial charge is 0.475 e. The molecule has 6 heteroatoms. The maximum absolute atomic E-state index is 8.47. The van der Waals surface area contributed by atoms with Crippen LogP contribution in [-0.2, 0) is 4.74 Å². The van der Waals surface area contributed by atoms with Crippen LogP contribution in [0, 0.1) is 0 Å². The third kappa shape index (κ3) is 4.69. The smallest absolute Gasteiger partial charge is 0.213 e. The third-order valence-electron chi connectivity index (χ3n) is 1.97. The highest BCUT2D eigenvalue weighted by molar-refractivity contribution is 5.96. The van der Waals surface area contributed by atoms with Gasteiger partial charge in [-0.3, -0.25) is 0 Å². The lowest BCUT2D eigenvalue weighted by Gasteiger charge is -2.06. The van der Waals surface area contributed by atoms with Crippen LogP contribution in [0.25, 0.3) is 0 Å². The third-order valence-corrected chi connectivity index (χ3v) is 1.97. The summed E-state index contributed by atoms with van der Waals surface area (Å²) in [6.45, 7) is 3.78. The van der Waals surface area contributed by atoms with Crippen molar-refractivity contribution in [1.29, 1.82) is 0 Å². The van der Waals surface area contributed by atoms with Gasteiger partial charge in [-0.1, -0.05) is 12.1 Å². The Hall–Kier alpha value is -1.82. The van der Waals surface area contributed by atoms with Crippen LogP contribution in [0.5, 0.6) is 5.88 Å². The lowest BCUT2D eigenvalue weighted by atomic mass is 10.3. The van der Waals surface area contributed by atoms with Gasteiger partial charge in [-0.25, -0.2) is 4.98 Å². The Balaban J connectivity index is 2.35. The highest BCUT2D eigenvalue weighted by atomic mass is 16.5. The second kappa shape index (κ2) is 7.45. The number of hydrogen-bond donors (Lipinski definition) is 2. The van der Waals surface area contributed by atoms with Crippen molar-refractivity contribution in [2.45, 2.75) is 13.3 Å². The molecule has 1 rings (SSSR count). The maximum Gasteiger partial charge on any atom is 0.213 e. The SMILES string of the molecule is CCCOCCOc1ccc(C(N)=NO)cn1. The Kier molecular flexibility index (Phi) is 5.81. The van der Waals surface area contributed by atoms with E-state index in [-0.39, 0.29) is 5.84 Å². The summed E-state index contributed by atoms with van der Waals surface area (Å²) in [6, 6.07) is 3.33. The summed E-state index contributed by atoms with van der Waals surface area (Å²) in [5.74, 6) is 0.509. The van der Waals surface area contributed by atoms with Crippen molar-refractivity contribution in [2.24, 2.45) is 10.9 Å². The van der Waals surface area contributed by atoms with Crippen molar-refractivity contribution < 1.29 is 14.7 Å². The number of nitrogens with zero attached hydrogens (tertiary/aromatic N) is 2. The van der Waals surface area contributed by atoms with E-state index in [1.165, 1.54) is 6.20 Å². The zero-order chi connectivity index (χ0) is 12.5. The van der Waals surface area contributed by atoms with Crippen molar-refractivity contribution in [3.05, 3.63) is 23.9 Å². The molecule has 0 amide bonds. The van der Waals surface area contributed by atoms with Crippen molar-refractivity contribution in [2.75, 3.05) is 19.8 Å². The summed E-state index contributed by atoms with van der Waals surface area (Å²) in [5, 5.41) is 11.3. The molecular weight excluding hydrogens is 222 g/mol. The van der Waals surface area contributed by atoms with Gasteiger partial charge in [0.1, 0.15) is 6.61 Å². The van der Waals surface area contributed by atoms with Gasteiger partial charge in [-0.15, -0.1) is 0 Å². The molecule has 0 aliphatic heterocycles. The number of pyridine rings is 1. The molecule has 1 aromatic rings.